The van der Waals surface area contributed by atoms with Crippen molar-refractivity contribution in [1.82, 2.24) is 9.97 Å². The summed E-state index contributed by atoms with van der Waals surface area (Å²) in [5.74, 6) is 0. The third-order valence-corrected chi connectivity index (χ3v) is 3.73. The minimum Gasteiger partial charge on any atom is -0.230 e. The average molecular weight is 336 g/mol. The zero-order chi connectivity index (χ0) is 11.5. The number of hydrogen-bond acceptors (Lipinski definition) is 3. The first kappa shape index (κ1) is 12.2. The first-order valence-electron chi connectivity index (χ1n) is 4.25. The summed E-state index contributed by atoms with van der Waals surface area (Å²) in [6.07, 6.45) is 3.40. The predicted octanol–water partition coefficient (Wildman–Crippen LogP) is 4.70. The van der Waals surface area contributed by atoms with Crippen molar-refractivity contribution in [3.05, 3.63) is 45.1 Å². The van der Waals surface area contributed by atoms with Crippen molar-refractivity contribution in [2.24, 2.45) is 0 Å². The lowest BCUT2D eigenvalue weighted by molar-refractivity contribution is 0.958. The van der Waals surface area contributed by atoms with Crippen LogP contribution in [-0.2, 0) is 0 Å². The molecule has 2 rings (SSSR count). The topological polar surface area (TPSA) is 25.8 Å². The lowest BCUT2D eigenvalue weighted by Gasteiger charge is -2.01. The van der Waals surface area contributed by atoms with Gasteiger partial charge in [-0.05, 0) is 45.9 Å². The molecule has 0 bridgehead atoms. The predicted molar refractivity (Wildman–Crippen MR) is 70.3 cm³/mol. The van der Waals surface area contributed by atoms with Crippen LogP contribution in [0.3, 0.4) is 0 Å². The van der Waals surface area contributed by atoms with E-state index < -0.39 is 0 Å². The van der Waals surface area contributed by atoms with E-state index in [4.69, 9.17) is 23.2 Å². The van der Waals surface area contributed by atoms with Crippen molar-refractivity contribution >= 4 is 50.9 Å². The summed E-state index contributed by atoms with van der Waals surface area (Å²) in [6, 6.07) is 5.43. The van der Waals surface area contributed by atoms with Crippen LogP contribution in [0.1, 0.15) is 0 Å². The van der Waals surface area contributed by atoms with Gasteiger partial charge in [-0.25, -0.2) is 9.97 Å². The molecule has 1 aromatic heterocycles. The molecule has 2 nitrogen and oxygen atoms in total. The van der Waals surface area contributed by atoms with Crippen LogP contribution in [0.2, 0.25) is 10.0 Å². The van der Waals surface area contributed by atoms with Gasteiger partial charge in [0.15, 0.2) is 5.16 Å². The highest BCUT2D eigenvalue weighted by Crippen LogP contribution is 2.30. The van der Waals surface area contributed by atoms with Crippen molar-refractivity contribution in [2.75, 3.05) is 0 Å². The van der Waals surface area contributed by atoms with Crippen molar-refractivity contribution in [3.63, 3.8) is 0 Å². The Labute approximate surface area is 116 Å². The Hall–Kier alpha value is -0.290. The van der Waals surface area contributed by atoms with Gasteiger partial charge in [-0.15, -0.1) is 0 Å². The van der Waals surface area contributed by atoms with Crippen molar-refractivity contribution in [3.8, 4) is 0 Å². The van der Waals surface area contributed by atoms with Gasteiger partial charge in [0, 0.05) is 17.3 Å². The maximum Gasteiger partial charge on any atom is 0.192 e. The van der Waals surface area contributed by atoms with Crippen LogP contribution >= 0.6 is 50.9 Å². The van der Waals surface area contributed by atoms with Crippen molar-refractivity contribution < 1.29 is 0 Å². The van der Waals surface area contributed by atoms with E-state index in [1.54, 1.807) is 24.5 Å². The Bertz CT molecular complexity index is 505. The maximum absolute atomic E-state index is 5.91. The number of halogens is 3. The molecule has 0 N–H and O–H groups in total. The summed E-state index contributed by atoms with van der Waals surface area (Å²) < 4.78 is 0.853. The number of nitrogens with zero attached hydrogens (tertiary/aromatic N) is 2. The third kappa shape index (κ3) is 3.10. The van der Waals surface area contributed by atoms with Crippen LogP contribution in [-0.4, -0.2) is 9.97 Å². The summed E-state index contributed by atoms with van der Waals surface area (Å²) in [5, 5.41) is 1.74. The molecule has 0 aliphatic heterocycles. The fourth-order valence-electron chi connectivity index (χ4n) is 0.999. The fraction of sp³-hybridized carbons (Fsp3) is 0. The van der Waals surface area contributed by atoms with E-state index in [2.05, 4.69) is 25.9 Å². The van der Waals surface area contributed by atoms with E-state index in [0.29, 0.717) is 15.2 Å². The molecule has 0 radical (unpaired) electrons. The van der Waals surface area contributed by atoms with Crippen LogP contribution in [0, 0.1) is 0 Å². The quantitative estimate of drug-likeness (QED) is 0.744. The van der Waals surface area contributed by atoms with Gasteiger partial charge in [0.2, 0.25) is 0 Å². The molecule has 0 unspecified atom stereocenters. The van der Waals surface area contributed by atoms with Gasteiger partial charge >= 0.3 is 0 Å². The molecule has 0 fully saturated rings. The maximum atomic E-state index is 5.91. The van der Waals surface area contributed by atoms with Crippen LogP contribution in [0.15, 0.2) is 45.1 Å². The summed E-state index contributed by atoms with van der Waals surface area (Å²) in [7, 11) is 0. The van der Waals surface area contributed by atoms with Gasteiger partial charge in [0.05, 0.1) is 14.5 Å². The summed E-state index contributed by atoms with van der Waals surface area (Å²) in [4.78, 5) is 9.26. The van der Waals surface area contributed by atoms with E-state index in [1.807, 2.05) is 6.07 Å². The van der Waals surface area contributed by atoms with Gasteiger partial charge in [-0.3, -0.25) is 0 Å². The lowest BCUT2D eigenvalue weighted by atomic mass is 10.4. The second-order valence-corrected chi connectivity index (χ2v) is 5.63. The molecule has 0 aliphatic carbocycles. The monoisotopic (exact) mass is 334 g/mol. The largest absolute Gasteiger partial charge is 0.230 e. The molecule has 0 atom stereocenters. The molecular formula is C10H5BrCl2N2S. The van der Waals surface area contributed by atoms with Crippen LogP contribution in [0.25, 0.3) is 0 Å². The second-order valence-electron chi connectivity index (χ2n) is 2.86. The zero-order valence-corrected chi connectivity index (χ0v) is 11.7. The van der Waals surface area contributed by atoms with Crippen LogP contribution in [0.5, 0.6) is 0 Å². The molecule has 1 aromatic carbocycles. The van der Waals surface area contributed by atoms with Gasteiger partial charge in [0.25, 0.3) is 0 Å². The Morgan fingerprint density at radius 3 is 2.38 bits per heavy atom. The number of hydrogen-bond donors (Lipinski definition) is 0. The molecule has 0 amide bonds. The average Bonchev–Trinajstić information content (AvgIpc) is 2.27. The molecule has 0 spiro atoms. The molecule has 6 heteroatoms. The minimum atomic E-state index is 0.531. The Kier molecular flexibility index (Phi) is 4.08. The van der Waals surface area contributed by atoms with E-state index >= 15 is 0 Å². The molecule has 1 heterocycles. The summed E-state index contributed by atoms with van der Waals surface area (Å²) >= 11 is 16.4. The smallest absolute Gasteiger partial charge is 0.192 e. The lowest BCUT2D eigenvalue weighted by Crippen LogP contribution is -1.84. The minimum absolute atomic E-state index is 0.531. The number of aromatic nitrogens is 2. The standard InChI is InChI=1S/C10H5BrCl2N2S/c11-6-4-14-10(15-5-6)16-7-1-2-8(12)9(13)3-7/h1-5H. The highest BCUT2D eigenvalue weighted by Gasteiger charge is 2.03. The van der Waals surface area contributed by atoms with Gasteiger partial charge in [-0.2, -0.15) is 0 Å². The molecular weight excluding hydrogens is 331 g/mol. The Balaban J connectivity index is 2.20. The summed E-state index contributed by atoms with van der Waals surface area (Å²) in [6.45, 7) is 0. The molecule has 0 aliphatic rings. The van der Waals surface area contributed by atoms with Crippen molar-refractivity contribution in [2.45, 2.75) is 10.1 Å². The first-order chi connectivity index (χ1) is 7.65. The first-order valence-corrected chi connectivity index (χ1v) is 6.62. The highest BCUT2D eigenvalue weighted by atomic mass is 79.9. The fourth-order valence-corrected chi connectivity index (χ4v) is 2.30. The highest BCUT2D eigenvalue weighted by molar-refractivity contribution is 9.10. The molecule has 82 valence electrons. The van der Waals surface area contributed by atoms with E-state index in [-0.39, 0.29) is 0 Å². The molecule has 16 heavy (non-hydrogen) atoms. The Morgan fingerprint density at radius 2 is 1.75 bits per heavy atom. The van der Waals surface area contributed by atoms with E-state index in [1.165, 1.54) is 11.8 Å². The van der Waals surface area contributed by atoms with Gasteiger partial charge in [0.1, 0.15) is 0 Å². The van der Waals surface area contributed by atoms with Crippen LogP contribution < -0.4 is 0 Å². The third-order valence-electron chi connectivity index (χ3n) is 1.70. The molecule has 0 saturated heterocycles. The van der Waals surface area contributed by atoms with E-state index in [9.17, 15) is 0 Å². The van der Waals surface area contributed by atoms with Crippen LogP contribution in [0.4, 0.5) is 0 Å². The molecule has 0 saturated carbocycles. The van der Waals surface area contributed by atoms with Gasteiger partial charge in [-0.1, -0.05) is 23.2 Å². The summed E-state index contributed by atoms with van der Waals surface area (Å²) in [5.41, 5.74) is 0. The Morgan fingerprint density at radius 1 is 1.06 bits per heavy atom. The molecule has 2 aromatic rings. The number of rotatable bonds is 2. The normalized spacial score (nSPS) is 10.4. The zero-order valence-electron chi connectivity index (χ0n) is 7.82. The van der Waals surface area contributed by atoms with Crippen molar-refractivity contribution in [1.29, 1.82) is 0 Å². The number of benzene rings is 1. The second kappa shape index (κ2) is 5.36. The van der Waals surface area contributed by atoms with Gasteiger partial charge < -0.3 is 0 Å². The SMILES string of the molecule is Clc1ccc(Sc2ncc(Br)cn2)cc1Cl. The van der Waals surface area contributed by atoms with E-state index in [0.717, 1.165) is 9.37 Å².